The number of nitrogens with zero attached hydrogens (tertiary/aromatic N) is 2. The van der Waals surface area contributed by atoms with Gasteiger partial charge in [-0.1, -0.05) is 18.5 Å². The van der Waals surface area contributed by atoms with Crippen LogP contribution in [-0.4, -0.2) is 48.2 Å². The van der Waals surface area contributed by atoms with Crippen LogP contribution < -0.4 is 5.32 Å². The van der Waals surface area contributed by atoms with Crippen LogP contribution in [-0.2, 0) is 11.3 Å². The second-order valence-corrected chi connectivity index (χ2v) is 6.97. The van der Waals surface area contributed by atoms with Gasteiger partial charge in [-0.3, -0.25) is 9.69 Å². The first-order chi connectivity index (χ1) is 11.0. The maximum absolute atomic E-state index is 12.4. The topological polar surface area (TPSA) is 67.6 Å². The largest absolute Gasteiger partial charge is 0.378 e. The number of nitrogens with one attached hydrogen (secondary N) is 1. The number of amides is 1. The number of aromatic nitrogens is 1. The highest BCUT2D eigenvalue weighted by molar-refractivity contribution is 5.94. The van der Waals surface area contributed by atoms with Crippen molar-refractivity contribution in [1.82, 2.24) is 15.4 Å². The van der Waals surface area contributed by atoms with Gasteiger partial charge in [-0.15, -0.1) is 0 Å². The Labute approximate surface area is 138 Å². The van der Waals surface area contributed by atoms with Crippen LogP contribution in [0, 0.1) is 5.92 Å². The molecule has 1 fully saturated rings. The molecule has 1 aliphatic rings. The molecule has 0 spiro atoms. The van der Waals surface area contributed by atoms with E-state index in [1.807, 2.05) is 0 Å². The fourth-order valence-electron chi connectivity index (χ4n) is 3.14. The van der Waals surface area contributed by atoms with Crippen LogP contribution in [0.5, 0.6) is 0 Å². The van der Waals surface area contributed by atoms with Gasteiger partial charge in [-0.25, -0.2) is 0 Å². The molecule has 1 aliphatic heterocycles. The molecule has 0 saturated carbocycles. The smallest absolute Gasteiger partial charge is 0.256 e. The molecule has 0 unspecified atom stereocenters. The Balaban J connectivity index is 1.92. The third-order valence-corrected chi connectivity index (χ3v) is 4.80. The van der Waals surface area contributed by atoms with Crippen LogP contribution in [0.25, 0.3) is 0 Å². The first-order valence-electron chi connectivity index (χ1n) is 8.43. The third kappa shape index (κ3) is 4.54. The number of methoxy groups -OCH3 is 1. The zero-order valence-corrected chi connectivity index (χ0v) is 14.7. The minimum Gasteiger partial charge on any atom is -0.378 e. The van der Waals surface area contributed by atoms with Crippen LogP contribution in [0.15, 0.2) is 10.8 Å². The quantitative estimate of drug-likeness (QED) is 0.835. The van der Waals surface area contributed by atoms with Crippen molar-refractivity contribution in [2.24, 2.45) is 5.92 Å². The number of ether oxygens (including phenoxy) is 1. The zero-order valence-electron chi connectivity index (χ0n) is 14.7. The lowest BCUT2D eigenvalue weighted by molar-refractivity contribution is 0.0611. The molecule has 0 aliphatic carbocycles. The van der Waals surface area contributed by atoms with E-state index in [1.165, 1.54) is 25.5 Å². The fraction of sp³-hybridized carbons (Fsp3) is 0.765. The van der Waals surface area contributed by atoms with E-state index in [-0.39, 0.29) is 18.1 Å². The van der Waals surface area contributed by atoms with E-state index in [1.54, 1.807) is 7.11 Å². The number of carbonyl (C=O) groups is 1. The highest BCUT2D eigenvalue weighted by atomic mass is 16.5. The number of likely N-dealkylation sites (tertiary alicyclic amines) is 1. The summed E-state index contributed by atoms with van der Waals surface area (Å²) in [5, 5.41) is 6.83. The lowest BCUT2D eigenvalue weighted by Gasteiger charge is -2.43. The molecule has 23 heavy (non-hydrogen) atoms. The Bertz CT molecular complexity index is 513. The molecule has 2 rings (SSSR count). The molecule has 1 N–H and O–H groups in total. The molecule has 1 amide bonds. The standard InChI is InChI=1S/C17H29N3O3/c1-5-13-7-6-8-20(9-13)17(2,3)12-18-16(21)14-10-23-19-15(14)11-22-4/h10,13H,5-9,11-12H2,1-4H3,(H,18,21)/t13-/m0/s1. The highest BCUT2D eigenvalue weighted by Gasteiger charge is 2.31. The van der Waals surface area contributed by atoms with Crippen molar-refractivity contribution in [3.8, 4) is 0 Å². The summed E-state index contributed by atoms with van der Waals surface area (Å²) < 4.78 is 9.93. The normalized spacial score (nSPS) is 19.7. The monoisotopic (exact) mass is 323 g/mol. The zero-order chi connectivity index (χ0) is 16.9. The Hall–Kier alpha value is -1.40. The molecule has 2 heterocycles. The Morgan fingerprint density at radius 2 is 2.35 bits per heavy atom. The van der Waals surface area contributed by atoms with Crippen LogP contribution >= 0.6 is 0 Å². The van der Waals surface area contributed by atoms with E-state index in [9.17, 15) is 4.79 Å². The second kappa shape index (κ2) is 7.93. The lowest BCUT2D eigenvalue weighted by Crippen LogP contribution is -2.54. The molecule has 1 atom stereocenters. The van der Waals surface area contributed by atoms with Gasteiger partial charge in [-0.2, -0.15) is 0 Å². The summed E-state index contributed by atoms with van der Waals surface area (Å²) in [5.41, 5.74) is 0.918. The maximum atomic E-state index is 12.4. The summed E-state index contributed by atoms with van der Waals surface area (Å²) in [5.74, 6) is 0.612. The number of piperidine rings is 1. The molecular weight excluding hydrogens is 294 g/mol. The molecule has 6 heteroatoms. The molecule has 0 radical (unpaired) electrons. The van der Waals surface area contributed by atoms with Crippen LogP contribution in [0.1, 0.15) is 56.1 Å². The molecule has 0 aromatic carbocycles. The molecule has 1 aromatic rings. The predicted molar refractivity (Wildman–Crippen MR) is 88.2 cm³/mol. The average molecular weight is 323 g/mol. The van der Waals surface area contributed by atoms with E-state index >= 15 is 0 Å². The van der Waals surface area contributed by atoms with Crippen molar-refractivity contribution >= 4 is 5.91 Å². The molecule has 0 bridgehead atoms. The second-order valence-electron chi connectivity index (χ2n) is 6.97. The number of carbonyl (C=O) groups excluding carboxylic acids is 1. The summed E-state index contributed by atoms with van der Waals surface area (Å²) in [6, 6.07) is 0. The molecule has 1 saturated heterocycles. The first-order valence-corrected chi connectivity index (χ1v) is 8.43. The third-order valence-electron chi connectivity index (χ3n) is 4.80. The van der Waals surface area contributed by atoms with Crippen LogP contribution in [0.3, 0.4) is 0 Å². The average Bonchev–Trinajstić information content (AvgIpc) is 3.01. The van der Waals surface area contributed by atoms with Gasteiger partial charge in [0.2, 0.25) is 0 Å². The Kier molecular flexibility index (Phi) is 6.18. The number of hydrogen-bond acceptors (Lipinski definition) is 5. The summed E-state index contributed by atoms with van der Waals surface area (Å²) in [4.78, 5) is 14.9. The molecule has 6 nitrogen and oxygen atoms in total. The van der Waals surface area contributed by atoms with Crippen molar-refractivity contribution in [2.45, 2.75) is 52.2 Å². The summed E-state index contributed by atoms with van der Waals surface area (Å²) in [6.45, 7) is 9.71. The number of rotatable bonds is 7. The van der Waals surface area contributed by atoms with Gasteiger partial charge in [0, 0.05) is 25.7 Å². The van der Waals surface area contributed by atoms with Crippen molar-refractivity contribution in [3.63, 3.8) is 0 Å². The van der Waals surface area contributed by atoms with Gasteiger partial charge in [-0.05, 0) is 39.2 Å². The lowest BCUT2D eigenvalue weighted by atomic mass is 9.91. The van der Waals surface area contributed by atoms with E-state index < -0.39 is 0 Å². The van der Waals surface area contributed by atoms with Crippen LogP contribution in [0.2, 0.25) is 0 Å². The summed E-state index contributed by atoms with van der Waals surface area (Å²) >= 11 is 0. The predicted octanol–water partition coefficient (Wildman–Crippen LogP) is 2.45. The fourth-order valence-corrected chi connectivity index (χ4v) is 3.14. The minimum absolute atomic E-state index is 0.0674. The van der Waals surface area contributed by atoms with Gasteiger partial charge < -0.3 is 14.6 Å². The number of hydrogen-bond donors (Lipinski definition) is 1. The maximum Gasteiger partial charge on any atom is 0.256 e. The van der Waals surface area contributed by atoms with Gasteiger partial charge in [0.05, 0.1) is 6.61 Å². The molecule has 1 aromatic heterocycles. The molecule has 130 valence electrons. The van der Waals surface area contributed by atoms with Crippen LogP contribution in [0.4, 0.5) is 0 Å². The summed E-state index contributed by atoms with van der Waals surface area (Å²) in [7, 11) is 1.57. The Morgan fingerprint density at radius 1 is 1.57 bits per heavy atom. The van der Waals surface area contributed by atoms with Crippen molar-refractivity contribution < 1.29 is 14.1 Å². The Morgan fingerprint density at radius 3 is 3.04 bits per heavy atom. The van der Waals surface area contributed by atoms with Gasteiger partial charge in [0.1, 0.15) is 17.5 Å². The van der Waals surface area contributed by atoms with Crippen molar-refractivity contribution in [1.29, 1.82) is 0 Å². The van der Waals surface area contributed by atoms with Gasteiger partial charge in [0.15, 0.2) is 0 Å². The van der Waals surface area contributed by atoms with E-state index in [0.29, 0.717) is 17.8 Å². The first kappa shape index (κ1) is 17.9. The highest BCUT2D eigenvalue weighted by Crippen LogP contribution is 2.25. The van der Waals surface area contributed by atoms with Gasteiger partial charge in [0.25, 0.3) is 5.91 Å². The summed E-state index contributed by atoms with van der Waals surface area (Å²) in [6.07, 6.45) is 5.15. The van der Waals surface area contributed by atoms with Crippen molar-refractivity contribution in [3.05, 3.63) is 17.5 Å². The van der Waals surface area contributed by atoms with E-state index in [0.717, 1.165) is 19.0 Å². The van der Waals surface area contributed by atoms with Crippen molar-refractivity contribution in [2.75, 3.05) is 26.7 Å². The SMILES string of the molecule is CC[C@H]1CCCN(C(C)(C)CNC(=O)c2conc2COC)C1. The van der Waals surface area contributed by atoms with E-state index in [4.69, 9.17) is 9.26 Å². The molecular formula is C17H29N3O3. The minimum atomic E-state index is -0.157. The van der Waals surface area contributed by atoms with E-state index in [2.05, 4.69) is 36.1 Å². The van der Waals surface area contributed by atoms with Gasteiger partial charge >= 0.3 is 0 Å².